The monoisotopic (exact) mass is 304 g/mol. The van der Waals surface area contributed by atoms with Crippen molar-refractivity contribution >= 4 is 11.8 Å². The van der Waals surface area contributed by atoms with Gasteiger partial charge >= 0.3 is 0 Å². The van der Waals surface area contributed by atoms with Crippen LogP contribution >= 0.6 is 0 Å². The Morgan fingerprint density at radius 2 is 1.91 bits per heavy atom. The molecule has 5 nitrogen and oxygen atoms in total. The maximum atomic E-state index is 12.8. The van der Waals surface area contributed by atoms with Crippen LogP contribution in [-0.2, 0) is 11.2 Å². The molecule has 0 atom stereocenters. The van der Waals surface area contributed by atoms with E-state index in [1.54, 1.807) is 25.4 Å². The van der Waals surface area contributed by atoms with Crippen LogP contribution < -0.4 is 10.6 Å². The molecule has 1 heterocycles. The van der Waals surface area contributed by atoms with Gasteiger partial charge in [-0.3, -0.25) is 0 Å². The van der Waals surface area contributed by atoms with Crippen molar-refractivity contribution in [2.45, 2.75) is 12.8 Å². The zero-order valence-corrected chi connectivity index (χ0v) is 12.7. The molecule has 1 aromatic carbocycles. The molecule has 2 rings (SSSR count). The first-order valence-corrected chi connectivity index (χ1v) is 7.32. The number of ether oxygens (including phenoxy) is 1. The van der Waals surface area contributed by atoms with Crippen molar-refractivity contribution in [2.75, 3.05) is 37.4 Å². The van der Waals surface area contributed by atoms with Crippen LogP contribution in [0.25, 0.3) is 0 Å². The normalized spacial score (nSPS) is 10.5. The fraction of sp³-hybridized carbons (Fsp3) is 0.375. The van der Waals surface area contributed by atoms with E-state index in [1.807, 2.05) is 6.07 Å². The van der Waals surface area contributed by atoms with Crippen LogP contribution in [0.3, 0.4) is 0 Å². The van der Waals surface area contributed by atoms with E-state index in [2.05, 4.69) is 20.6 Å². The van der Waals surface area contributed by atoms with Gasteiger partial charge in [-0.1, -0.05) is 12.1 Å². The molecule has 22 heavy (non-hydrogen) atoms. The van der Waals surface area contributed by atoms with Crippen LogP contribution in [0.2, 0.25) is 0 Å². The zero-order chi connectivity index (χ0) is 15.6. The maximum Gasteiger partial charge on any atom is 0.224 e. The third kappa shape index (κ3) is 5.65. The highest BCUT2D eigenvalue weighted by Crippen LogP contribution is 2.07. The fourth-order valence-corrected chi connectivity index (χ4v) is 1.95. The average molecular weight is 304 g/mol. The first-order chi connectivity index (χ1) is 10.8. The summed E-state index contributed by atoms with van der Waals surface area (Å²) in [6.07, 6.45) is 3.43. The minimum Gasteiger partial charge on any atom is -0.385 e. The summed E-state index contributed by atoms with van der Waals surface area (Å²) >= 11 is 0. The molecule has 0 spiro atoms. The van der Waals surface area contributed by atoms with Gasteiger partial charge in [-0.25, -0.2) is 9.37 Å². The molecule has 0 unspecified atom stereocenters. The summed E-state index contributed by atoms with van der Waals surface area (Å²) in [5.41, 5.74) is 1.08. The molecule has 0 aliphatic carbocycles. The van der Waals surface area contributed by atoms with E-state index < -0.39 is 0 Å². The average Bonchev–Trinajstić information content (AvgIpc) is 2.54. The number of rotatable bonds is 9. The lowest BCUT2D eigenvalue weighted by atomic mass is 10.1. The largest absolute Gasteiger partial charge is 0.385 e. The van der Waals surface area contributed by atoms with Crippen LogP contribution in [0.1, 0.15) is 12.0 Å². The lowest BCUT2D eigenvalue weighted by Crippen LogP contribution is -2.10. The molecular weight excluding hydrogens is 283 g/mol. The van der Waals surface area contributed by atoms with Crippen molar-refractivity contribution in [3.63, 3.8) is 0 Å². The van der Waals surface area contributed by atoms with Crippen LogP contribution in [0, 0.1) is 5.82 Å². The first kappa shape index (κ1) is 16.2. The fourth-order valence-electron chi connectivity index (χ4n) is 1.95. The topological polar surface area (TPSA) is 59.1 Å². The molecule has 6 heteroatoms. The molecule has 118 valence electrons. The van der Waals surface area contributed by atoms with Crippen LogP contribution in [0.4, 0.5) is 16.2 Å². The molecule has 0 bridgehead atoms. The lowest BCUT2D eigenvalue weighted by Gasteiger charge is -2.08. The Bertz CT molecular complexity index is 562. The number of anilines is 2. The summed E-state index contributed by atoms with van der Waals surface area (Å²) < 4.78 is 17.8. The summed E-state index contributed by atoms with van der Waals surface area (Å²) in [7, 11) is 1.68. The van der Waals surface area contributed by atoms with E-state index in [1.165, 1.54) is 12.1 Å². The van der Waals surface area contributed by atoms with Gasteiger partial charge in [0, 0.05) is 33.0 Å². The Hall–Kier alpha value is -2.21. The second-order valence-electron chi connectivity index (χ2n) is 4.84. The summed E-state index contributed by atoms with van der Waals surface area (Å²) in [5.74, 6) is 1.16. The standard InChI is InChI=1S/C16H21FN4O/c1-22-12-2-9-19-16-20-11-8-15(21-16)18-10-7-13-3-5-14(17)6-4-13/h3-6,8,11H,2,7,9-10,12H2,1H3,(H2,18,19,20,21). The molecule has 0 radical (unpaired) electrons. The third-order valence-electron chi connectivity index (χ3n) is 3.10. The van der Waals surface area contributed by atoms with E-state index in [-0.39, 0.29) is 5.82 Å². The van der Waals surface area contributed by atoms with Gasteiger partial charge < -0.3 is 15.4 Å². The van der Waals surface area contributed by atoms with E-state index in [9.17, 15) is 4.39 Å². The Labute approximate surface area is 129 Å². The molecule has 1 aromatic heterocycles. The Balaban J connectivity index is 1.76. The molecule has 0 amide bonds. The van der Waals surface area contributed by atoms with E-state index in [4.69, 9.17) is 4.74 Å². The quantitative estimate of drug-likeness (QED) is 0.698. The summed E-state index contributed by atoms with van der Waals surface area (Å²) in [4.78, 5) is 8.55. The van der Waals surface area contributed by atoms with E-state index in [0.29, 0.717) is 12.6 Å². The highest BCUT2D eigenvalue weighted by molar-refractivity contribution is 5.39. The first-order valence-electron chi connectivity index (χ1n) is 7.32. The molecule has 0 saturated heterocycles. The van der Waals surface area contributed by atoms with Gasteiger partial charge in [-0.05, 0) is 36.6 Å². The van der Waals surface area contributed by atoms with Crippen molar-refractivity contribution in [3.05, 3.63) is 47.9 Å². The van der Waals surface area contributed by atoms with Gasteiger partial charge in [0.25, 0.3) is 0 Å². The number of hydrogen-bond donors (Lipinski definition) is 2. The molecule has 2 N–H and O–H groups in total. The Morgan fingerprint density at radius 1 is 1.09 bits per heavy atom. The van der Waals surface area contributed by atoms with Gasteiger partial charge in [0.15, 0.2) is 0 Å². The maximum absolute atomic E-state index is 12.8. The summed E-state index contributed by atoms with van der Waals surface area (Å²) in [6.45, 7) is 2.21. The minimum absolute atomic E-state index is 0.211. The molecule has 0 aliphatic rings. The number of nitrogens with one attached hydrogen (secondary N) is 2. The van der Waals surface area contributed by atoms with Crippen molar-refractivity contribution < 1.29 is 9.13 Å². The van der Waals surface area contributed by atoms with E-state index in [0.717, 1.165) is 37.3 Å². The number of nitrogens with zero attached hydrogens (tertiary/aromatic N) is 2. The Kier molecular flexibility index (Phi) is 6.57. The predicted molar refractivity (Wildman–Crippen MR) is 85.6 cm³/mol. The Morgan fingerprint density at radius 3 is 2.68 bits per heavy atom. The van der Waals surface area contributed by atoms with Crippen LogP contribution in [-0.4, -0.2) is 36.8 Å². The lowest BCUT2D eigenvalue weighted by molar-refractivity contribution is 0.197. The van der Waals surface area contributed by atoms with Crippen molar-refractivity contribution in [1.29, 1.82) is 0 Å². The SMILES string of the molecule is COCCCNc1nccc(NCCc2ccc(F)cc2)n1. The highest BCUT2D eigenvalue weighted by Gasteiger charge is 1.99. The highest BCUT2D eigenvalue weighted by atomic mass is 19.1. The molecule has 0 saturated carbocycles. The van der Waals surface area contributed by atoms with Crippen LogP contribution in [0.5, 0.6) is 0 Å². The molecular formula is C16H21FN4O. The van der Waals surface area contributed by atoms with Crippen molar-refractivity contribution in [2.24, 2.45) is 0 Å². The third-order valence-corrected chi connectivity index (χ3v) is 3.10. The second-order valence-corrected chi connectivity index (χ2v) is 4.84. The zero-order valence-electron chi connectivity index (χ0n) is 12.7. The van der Waals surface area contributed by atoms with Gasteiger partial charge in [-0.2, -0.15) is 4.98 Å². The smallest absolute Gasteiger partial charge is 0.224 e. The van der Waals surface area contributed by atoms with Gasteiger partial charge in [-0.15, -0.1) is 0 Å². The number of hydrogen-bond acceptors (Lipinski definition) is 5. The number of methoxy groups -OCH3 is 1. The number of benzene rings is 1. The predicted octanol–water partition coefficient (Wildman–Crippen LogP) is 2.72. The summed E-state index contributed by atoms with van der Waals surface area (Å²) in [6, 6.07) is 8.36. The second kappa shape index (κ2) is 8.94. The molecule has 0 aliphatic heterocycles. The summed E-state index contributed by atoms with van der Waals surface area (Å²) in [5, 5.41) is 6.39. The number of halogens is 1. The van der Waals surface area contributed by atoms with Crippen LogP contribution in [0.15, 0.2) is 36.5 Å². The minimum atomic E-state index is -0.211. The van der Waals surface area contributed by atoms with Gasteiger partial charge in [0.05, 0.1) is 0 Å². The van der Waals surface area contributed by atoms with Gasteiger partial charge in [0.2, 0.25) is 5.95 Å². The van der Waals surface area contributed by atoms with Crippen molar-refractivity contribution in [1.82, 2.24) is 9.97 Å². The van der Waals surface area contributed by atoms with Gasteiger partial charge in [0.1, 0.15) is 11.6 Å². The van der Waals surface area contributed by atoms with E-state index >= 15 is 0 Å². The molecule has 2 aromatic rings. The molecule has 0 fully saturated rings. The van der Waals surface area contributed by atoms with Crippen molar-refractivity contribution in [3.8, 4) is 0 Å². The number of aromatic nitrogens is 2.